The molecule has 19 heavy (non-hydrogen) atoms. The first-order valence-electron chi connectivity index (χ1n) is 7.69. The van der Waals surface area contributed by atoms with Gasteiger partial charge in [-0.3, -0.25) is 0 Å². The van der Waals surface area contributed by atoms with Crippen molar-refractivity contribution >= 4 is 5.69 Å². The van der Waals surface area contributed by atoms with E-state index in [1.807, 2.05) is 13.8 Å². The molecule has 2 nitrogen and oxygen atoms in total. The van der Waals surface area contributed by atoms with Crippen molar-refractivity contribution in [1.82, 2.24) is 0 Å². The normalized spacial score (nSPS) is 20.7. The number of benzene rings is 1. The minimum atomic E-state index is -0.747. The van der Waals surface area contributed by atoms with Crippen LogP contribution in [-0.4, -0.2) is 17.7 Å². The maximum Gasteiger partial charge on any atom is 0.0860 e. The number of nitrogens with zero attached hydrogens (tertiary/aromatic N) is 1. The third-order valence-electron chi connectivity index (χ3n) is 4.70. The Balaban J connectivity index is 1.98. The molecule has 1 aliphatic heterocycles. The van der Waals surface area contributed by atoms with Crippen LogP contribution in [0.25, 0.3) is 0 Å². The number of fused-ring (bicyclic) bond motifs is 1. The predicted octanol–water partition coefficient (Wildman–Crippen LogP) is 3.61. The fraction of sp³-hybridized carbons (Fsp3) is 0.647. The Morgan fingerprint density at radius 3 is 2.58 bits per heavy atom. The van der Waals surface area contributed by atoms with Gasteiger partial charge in [0.1, 0.15) is 0 Å². The summed E-state index contributed by atoms with van der Waals surface area (Å²) in [4.78, 5) is 2.59. The largest absolute Gasteiger partial charge is 0.386 e. The maximum atomic E-state index is 10.4. The molecule has 1 fully saturated rings. The van der Waals surface area contributed by atoms with Crippen LogP contribution in [0.4, 0.5) is 5.69 Å². The molecule has 0 amide bonds. The molecule has 1 aromatic rings. The third-order valence-corrected chi connectivity index (χ3v) is 4.70. The zero-order chi connectivity index (χ0) is 13.5. The van der Waals surface area contributed by atoms with Gasteiger partial charge in [-0.25, -0.2) is 0 Å². The maximum absolute atomic E-state index is 10.4. The number of para-hydroxylation sites is 1. The Morgan fingerprint density at radius 2 is 1.89 bits per heavy atom. The van der Waals surface area contributed by atoms with Gasteiger partial charge in [0.25, 0.3) is 0 Å². The first kappa shape index (κ1) is 13.0. The smallest absolute Gasteiger partial charge is 0.0860 e. The summed E-state index contributed by atoms with van der Waals surface area (Å²) in [5, 5.41) is 10.4. The summed E-state index contributed by atoms with van der Waals surface area (Å²) in [5.74, 6) is 0. The van der Waals surface area contributed by atoms with Crippen LogP contribution >= 0.6 is 0 Å². The second-order valence-corrected chi connectivity index (χ2v) is 6.61. The van der Waals surface area contributed by atoms with Gasteiger partial charge in [-0.1, -0.05) is 37.5 Å². The van der Waals surface area contributed by atoms with Crippen LogP contribution in [0.2, 0.25) is 0 Å². The Labute approximate surface area is 116 Å². The van der Waals surface area contributed by atoms with E-state index in [9.17, 15) is 5.11 Å². The number of hydrogen-bond donors (Lipinski definition) is 1. The van der Waals surface area contributed by atoms with Crippen molar-refractivity contribution in [2.75, 3.05) is 11.4 Å². The lowest BCUT2D eigenvalue weighted by molar-refractivity contribution is 0.0790. The number of rotatable bonds is 2. The molecule has 2 heteroatoms. The molecule has 1 aromatic carbocycles. The fourth-order valence-corrected chi connectivity index (χ4v) is 3.74. The van der Waals surface area contributed by atoms with Crippen LogP contribution in [0.1, 0.15) is 57.1 Å². The Kier molecular flexibility index (Phi) is 3.30. The second-order valence-electron chi connectivity index (χ2n) is 6.61. The van der Waals surface area contributed by atoms with Crippen molar-refractivity contribution in [2.45, 2.75) is 64.0 Å². The van der Waals surface area contributed by atoms with Crippen LogP contribution in [0.3, 0.4) is 0 Å². The van der Waals surface area contributed by atoms with E-state index in [4.69, 9.17) is 0 Å². The Morgan fingerprint density at radius 1 is 1.16 bits per heavy atom. The average molecular weight is 259 g/mol. The molecule has 1 saturated carbocycles. The molecule has 2 aliphatic rings. The van der Waals surface area contributed by atoms with Gasteiger partial charge in [-0.15, -0.1) is 0 Å². The summed E-state index contributed by atoms with van der Waals surface area (Å²) < 4.78 is 0. The Hall–Kier alpha value is -1.02. The van der Waals surface area contributed by atoms with Gasteiger partial charge >= 0.3 is 0 Å². The molecule has 0 radical (unpaired) electrons. The van der Waals surface area contributed by atoms with Gasteiger partial charge in [-0.05, 0) is 38.7 Å². The lowest BCUT2D eigenvalue weighted by Crippen LogP contribution is -2.36. The molecule has 3 rings (SSSR count). The molecule has 1 aliphatic carbocycles. The fourth-order valence-electron chi connectivity index (χ4n) is 3.74. The average Bonchev–Trinajstić information content (AvgIpc) is 2.82. The van der Waals surface area contributed by atoms with Crippen LogP contribution < -0.4 is 4.90 Å². The van der Waals surface area contributed by atoms with E-state index in [1.165, 1.54) is 43.4 Å². The molecule has 1 heterocycles. The van der Waals surface area contributed by atoms with Crippen molar-refractivity contribution in [2.24, 2.45) is 0 Å². The van der Waals surface area contributed by atoms with Gasteiger partial charge in [0.05, 0.1) is 5.60 Å². The van der Waals surface area contributed by atoms with Gasteiger partial charge < -0.3 is 10.0 Å². The molecule has 104 valence electrons. The molecule has 0 saturated heterocycles. The van der Waals surface area contributed by atoms with E-state index < -0.39 is 5.60 Å². The first-order chi connectivity index (χ1) is 9.07. The molecule has 0 bridgehead atoms. The molecular weight excluding hydrogens is 234 g/mol. The lowest BCUT2D eigenvalue weighted by atomic mass is 9.91. The molecule has 1 N–H and O–H groups in total. The number of aliphatic hydroxyl groups is 1. The molecule has 0 aromatic heterocycles. The number of anilines is 1. The molecule has 0 spiro atoms. The summed E-state index contributed by atoms with van der Waals surface area (Å²) >= 11 is 0. The van der Waals surface area contributed by atoms with Crippen LogP contribution in [0.5, 0.6) is 0 Å². The summed E-state index contributed by atoms with van der Waals surface area (Å²) in [5.41, 5.74) is 3.11. The highest BCUT2D eigenvalue weighted by Crippen LogP contribution is 2.40. The lowest BCUT2D eigenvalue weighted by Gasteiger charge is -2.36. The van der Waals surface area contributed by atoms with Crippen molar-refractivity contribution in [3.05, 3.63) is 29.3 Å². The van der Waals surface area contributed by atoms with Crippen LogP contribution in [0.15, 0.2) is 18.2 Å². The van der Waals surface area contributed by atoms with Crippen LogP contribution in [0, 0.1) is 0 Å². The monoisotopic (exact) mass is 259 g/mol. The molecule has 0 unspecified atom stereocenters. The zero-order valence-corrected chi connectivity index (χ0v) is 12.2. The van der Waals surface area contributed by atoms with Gasteiger partial charge in [0.15, 0.2) is 0 Å². The summed E-state index contributed by atoms with van der Waals surface area (Å²) in [6, 6.07) is 7.11. The van der Waals surface area contributed by atoms with Crippen LogP contribution in [-0.2, 0) is 12.0 Å². The van der Waals surface area contributed by atoms with Gasteiger partial charge in [0, 0.05) is 23.8 Å². The van der Waals surface area contributed by atoms with Crippen molar-refractivity contribution < 1.29 is 5.11 Å². The SMILES string of the molecule is CC(C)(O)c1cccc2c1N(C1CCCCC1)CC2. The van der Waals surface area contributed by atoms with E-state index in [2.05, 4.69) is 23.1 Å². The topological polar surface area (TPSA) is 23.5 Å². The summed E-state index contributed by atoms with van der Waals surface area (Å²) in [6.45, 7) is 4.94. The minimum Gasteiger partial charge on any atom is -0.386 e. The quantitative estimate of drug-likeness (QED) is 0.877. The van der Waals surface area contributed by atoms with E-state index >= 15 is 0 Å². The highest BCUT2D eigenvalue weighted by Gasteiger charge is 2.32. The van der Waals surface area contributed by atoms with E-state index in [1.54, 1.807) is 0 Å². The van der Waals surface area contributed by atoms with E-state index in [0.29, 0.717) is 6.04 Å². The van der Waals surface area contributed by atoms with Crippen molar-refractivity contribution in [3.8, 4) is 0 Å². The molecule has 0 atom stereocenters. The minimum absolute atomic E-state index is 0.693. The highest BCUT2D eigenvalue weighted by molar-refractivity contribution is 5.65. The van der Waals surface area contributed by atoms with Gasteiger partial charge in [-0.2, -0.15) is 0 Å². The standard InChI is InChI=1S/C17H25NO/c1-17(2,19)15-10-6-7-13-11-12-18(16(13)15)14-8-4-3-5-9-14/h6-7,10,14,19H,3-5,8-9,11-12H2,1-2H3. The number of hydrogen-bond acceptors (Lipinski definition) is 2. The van der Waals surface area contributed by atoms with Crippen molar-refractivity contribution in [1.29, 1.82) is 0 Å². The highest BCUT2D eigenvalue weighted by atomic mass is 16.3. The zero-order valence-electron chi connectivity index (χ0n) is 12.2. The van der Waals surface area contributed by atoms with Crippen molar-refractivity contribution in [3.63, 3.8) is 0 Å². The predicted molar refractivity (Wildman–Crippen MR) is 79.6 cm³/mol. The third kappa shape index (κ3) is 2.38. The van der Waals surface area contributed by atoms with E-state index in [0.717, 1.165) is 18.5 Å². The van der Waals surface area contributed by atoms with E-state index in [-0.39, 0.29) is 0 Å². The Bertz CT molecular complexity index is 455. The first-order valence-corrected chi connectivity index (χ1v) is 7.69. The second kappa shape index (κ2) is 4.82. The van der Waals surface area contributed by atoms with Gasteiger partial charge in [0.2, 0.25) is 0 Å². The summed E-state index contributed by atoms with van der Waals surface area (Å²) in [7, 11) is 0. The molecular formula is C17H25NO. The summed E-state index contributed by atoms with van der Waals surface area (Å²) in [6.07, 6.45) is 7.89.